The van der Waals surface area contributed by atoms with Crippen LogP contribution in [-0.2, 0) is 0 Å². The molecule has 2 heterocycles. The maximum atomic E-state index is 2.45. The molecule has 2 aromatic heterocycles. The van der Waals surface area contributed by atoms with Crippen molar-refractivity contribution in [3.05, 3.63) is 206 Å². The zero-order valence-corrected chi connectivity index (χ0v) is 30.5. The van der Waals surface area contributed by atoms with Crippen molar-refractivity contribution in [2.24, 2.45) is 0 Å². The summed E-state index contributed by atoms with van der Waals surface area (Å²) < 4.78 is 4.83. The number of rotatable bonds is 4. The summed E-state index contributed by atoms with van der Waals surface area (Å²) >= 11 is 0. The monoisotopic (exact) mass is 710 g/mol. The molecule has 0 saturated carbocycles. The van der Waals surface area contributed by atoms with Crippen molar-refractivity contribution in [3.8, 4) is 33.6 Å². The van der Waals surface area contributed by atoms with Gasteiger partial charge >= 0.3 is 0 Å². The van der Waals surface area contributed by atoms with E-state index in [1.165, 1.54) is 104 Å². The highest BCUT2D eigenvalue weighted by atomic mass is 15.0. The van der Waals surface area contributed by atoms with E-state index in [0.717, 1.165) is 5.69 Å². The van der Waals surface area contributed by atoms with E-state index in [0.29, 0.717) is 0 Å². The molecule has 0 atom stereocenters. The second-order valence-corrected chi connectivity index (χ2v) is 14.9. The standard InChI is InChI=1S/C54H34N2/c1-2-15-40(16-3-1)55-51-24-11-9-21-45(51)49-32-36(28-30-52(49)55)37-27-29-46-44-20-8-10-23-50(44)56(53(46)34-37)41-17-12-14-38(31-41)48-33-39-26-25-35-13-4-5-18-42(35)54(39)47-22-7-6-19-43(47)48/h1-34H. The number of para-hydroxylation sites is 3. The Bertz CT molecular complexity index is 3530. The normalized spacial score (nSPS) is 11.9. The zero-order chi connectivity index (χ0) is 36.7. The maximum absolute atomic E-state index is 2.45. The molecule has 0 amide bonds. The lowest BCUT2D eigenvalue weighted by molar-refractivity contribution is 1.18. The van der Waals surface area contributed by atoms with Gasteiger partial charge in [0.05, 0.1) is 22.1 Å². The summed E-state index contributed by atoms with van der Waals surface area (Å²) in [5.74, 6) is 0. The van der Waals surface area contributed by atoms with Crippen LogP contribution in [0, 0.1) is 0 Å². The van der Waals surface area contributed by atoms with Crippen molar-refractivity contribution >= 4 is 75.9 Å². The third-order valence-electron chi connectivity index (χ3n) is 11.9. The van der Waals surface area contributed by atoms with Crippen molar-refractivity contribution in [1.29, 1.82) is 0 Å². The van der Waals surface area contributed by atoms with Crippen molar-refractivity contribution in [1.82, 2.24) is 9.13 Å². The Hall–Kier alpha value is -7.42. The average Bonchev–Trinajstić information content (AvgIpc) is 3.78. The largest absolute Gasteiger partial charge is 0.309 e. The molecule has 2 heteroatoms. The molecule has 0 aliphatic heterocycles. The lowest BCUT2D eigenvalue weighted by Crippen LogP contribution is -1.95. The quantitative estimate of drug-likeness (QED) is 0.161. The van der Waals surface area contributed by atoms with Crippen LogP contribution in [0.15, 0.2) is 206 Å². The molecule has 0 unspecified atom stereocenters. The molecule has 0 fully saturated rings. The summed E-state index contributed by atoms with van der Waals surface area (Å²) in [6, 6.07) is 75.8. The Balaban J connectivity index is 1.05. The fourth-order valence-corrected chi connectivity index (χ4v) is 9.37. The molecule has 0 N–H and O–H groups in total. The van der Waals surface area contributed by atoms with Crippen LogP contribution in [0.25, 0.3) is 110 Å². The second kappa shape index (κ2) is 12.0. The van der Waals surface area contributed by atoms with Crippen LogP contribution in [-0.4, -0.2) is 9.13 Å². The number of hydrogen-bond donors (Lipinski definition) is 0. The SMILES string of the molecule is c1ccc(-n2c3ccccc3c3cc(-c4ccc5c6ccccc6n(-c6cccc(-c7cc8ccc9ccccc9c8c8ccccc78)c6)c5c4)ccc32)cc1. The fraction of sp³-hybridized carbons (Fsp3) is 0. The zero-order valence-electron chi connectivity index (χ0n) is 30.5. The van der Waals surface area contributed by atoms with Gasteiger partial charge in [-0.3, -0.25) is 0 Å². The summed E-state index contributed by atoms with van der Waals surface area (Å²) in [6.45, 7) is 0. The summed E-state index contributed by atoms with van der Waals surface area (Å²) in [5.41, 5.74) is 12.0. The average molecular weight is 711 g/mol. The van der Waals surface area contributed by atoms with Crippen LogP contribution < -0.4 is 0 Å². The molecule has 12 rings (SSSR count). The van der Waals surface area contributed by atoms with Gasteiger partial charge in [-0.05, 0) is 115 Å². The van der Waals surface area contributed by atoms with Crippen molar-refractivity contribution in [2.75, 3.05) is 0 Å². The third kappa shape index (κ3) is 4.57. The Labute approximate surface area is 323 Å². The minimum atomic E-state index is 1.15. The molecule has 2 nitrogen and oxygen atoms in total. The van der Waals surface area contributed by atoms with Crippen LogP contribution in [0.1, 0.15) is 0 Å². The molecule has 10 aromatic carbocycles. The minimum Gasteiger partial charge on any atom is -0.309 e. The second-order valence-electron chi connectivity index (χ2n) is 14.9. The summed E-state index contributed by atoms with van der Waals surface area (Å²) in [4.78, 5) is 0. The van der Waals surface area contributed by atoms with Gasteiger partial charge in [0.15, 0.2) is 0 Å². The molecule has 0 aliphatic carbocycles. The van der Waals surface area contributed by atoms with Crippen LogP contribution in [0.3, 0.4) is 0 Å². The predicted molar refractivity (Wildman–Crippen MR) is 239 cm³/mol. The molecule has 0 saturated heterocycles. The summed E-state index contributed by atoms with van der Waals surface area (Å²) in [6.07, 6.45) is 0. The molecule has 56 heavy (non-hydrogen) atoms. The van der Waals surface area contributed by atoms with Gasteiger partial charge in [0.2, 0.25) is 0 Å². The van der Waals surface area contributed by atoms with Crippen molar-refractivity contribution in [3.63, 3.8) is 0 Å². The smallest absolute Gasteiger partial charge is 0.0547 e. The predicted octanol–water partition coefficient (Wildman–Crippen LogP) is 14.7. The lowest BCUT2D eigenvalue weighted by atomic mass is 9.90. The summed E-state index contributed by atoms with van der Waals surface area (Å²) in [7, 11) is 0. The van der Waals surface area contributed by atoms with E-state index in [1.54, 1.807) is 0 Å². The molecular weight excluding hydrogens is 677 g/mol. The van der Waals surface area contributed by atoms with E-state index < -0.39 is 0 Å². The molecule has 260 valence electrons. The number of hydrogen-bond acceptors (Lipinski definition) is 0. The third-order valence-corrected chi connectivity index (χ3v) is 11.9. The van der Waals surface area contributed by atoms with Gasteiger partial charge in [-0.2, -0.15) is 0 Å². The maximum Gasteiger partial charge on any atom is 0.0547 e. The number of aromatic nitrogens is 2. The molecule has 0 bridgehead atoms. The Morgan fingerprint density at radius 1 is 0.250 bits per heavy atom. The van der Waals surface area contributed by atoms with Crippen LogP contribution >= 0.6 is 0 Å². The Kier molecular flexibility index (Phi) is 6.66. The van der Waals surface area contributed by atoms with Gasteiger partial charge in [-0.25, -0.2) is 0 Å². The highest BCUT2D eigenvalue weighted by molar-refractivity contribution is 6.23. The van der Waals surface area contributed by atoms with Gasteiger partial charge in [-0.1, -0.05) is 146 Å². The molecular formula is C54H34N2. The highest BCUT2D eigenvalue weighted by Crippen LogP contribution is 2.41. The molecule has 0 aliphatic rings. The van der Waals surface area contributed by atoms with E-state index in [4.69, 9.17) is 0 Å². The van der Waals surface area contributed by atoms with Gasteiger partial charge in [-0.15, -0.1) is 0 Å². The van der Waals surface area contributed by atoms with Gasteiger partial charge < -0.3 is 9.13 Å². The van der Waals surface area contributed by atoms with E-state index in [-0.39, 0.29) is 0 Å². The van der Waals surface area contributed by atoms with E-state index in [1.807, 2.05) is 0 Å². The summed E-state index contributed by atoms with van der Waals surface area (Å²) in [5, 5.41) is 12.7. The van der Waals surface area contributed by atoms with Crippen LogP contribution in [0.4, 0.5) is 0 Å². The van der Waals surface area contributed by atoms with E-state index >= 15 is 0 Å². The number of benzene rings is 10. The van der Waals surface area contributed by atoms with E-state index in [9.17, 15) is 0 Å². The van der Waals surface area contributed by atoms with Crippen LogP contribution in [0.2, 0.25) is 0 Å². The van der Waals surface area contributed by atoms with E-state index in [2.05, 4.69) is 215 Å². The lowest BCUT2D eigenvalue weighted by Gasteiger charge is -2.15. The Morgan fingerprint density at radius 2 is 0.821 bits per heavy atom. The molecule has 0 radical (unpaired) electrons. The molecule has 0 spiro atoms. The van der Waals surface area contributed by atoms with Crippen molar-refractivity contribution < 1.29 is 0 Å². The van der Waals surface area contributed by atoms with Gasteiger partial charge in [0, 0.05) is 32.9 Å². The minimum absolute atomic E-state index is 1.15. The first-order valence-corrected chi connectivity index (χ1v) is 19.3. The highest BCUT2D eigenvalue weighted by Gasteiger charge is 2.17. The van der Waals surface area contributed by atoms with Crippen LogP contribution in [0.5, 0.6) is 0 Å². The number of nitrogens with zero attached hydrogens (tertiary/aromatic N) is 2. The van der Waals surface area contributed by atoms with Gasteiger partial charge in [0.1, 0.15) is 0 Å². The first kappa shape index (κ1) is 31.0. The van der Waals surface area contributed by atoms with Crippen molar-refractivity contribution in [2.45, 2.75) is 0 Å². The van der Waals surface area contributed by atoms with Gasteiger partial charge in [0.25, 0.3) is 0 Å². The first-order valence-electron chi connectivity index (χ1n) is 19.3. The number of fused-ring (bicyclic) bond motifs is 11. The topological polar surface area (TPSA) is 9.86 Å². The Morgan fingerprint density at radius 3 is 1.64 bits per heavy atom. The fourth-order valence-electron chi connectivity index (χ4n) is 9.37. The first-order chi connectivity index (χ1) is 27.8. The molecule has 12 aromatic rings.